The first-order valence-corrected chi connectivity index (χ1v) is 8.64. The molecule has 3 heterocycles. The number of nitrogens with one attached hydrogen (secondary N) is 2. The molecule has 0 fully saturated rings. The van der Waals surface area contributed by atoms with Gasteiger partial charge in [0.2, 0.25) is 0 Å². The zero-order valence-corrected chi connectivity index (χ0v) is 14.5. The predicted octanol–water partition coefficient (Wildman–Crippen LogP) is 2.66. The third-order valence-electron chi connectivity index (χ3n) is 4.12. The highest BCUT2D eigenvalue weighted by Gasteiger charge is 2.10. The van der Waals surface area contributed by atoms with Crippen molar-refractivity contribution in [2.24, 2.45) is 0 Å². The van der Waals surface area contributed by atoms with Crippen LogP contribution >= 0.6 is 0 Å². The number of nitrogens with zero attached hydrogens (tertiary/aromatic N) is 4. The lowest BCUT2D eigenvalue weighted by atomic mass is 10.1. The standard InChI is InChI=1S/C20H18N6O/c27-20(19-16-6-2-1-5-15(16)9-10-22-19)23-12-11-21-17-7-8-18(25-24-17)26-13-3-4-14-26/h1-10,13-14H,11-12H2,(H,21,24)(H,23,27). The summed E-state index contributed by atoms with van der Waals surface area (Å²) in [7, 11) is 0. The van der Waals surface area contributed by atoms with Crippen LogP contribution in [0, 0.1) is 0 Å². The lowest BCUT2D eigenvalue weighted by Crippen LogP contribution is -2.29. The van der Waals surface area contributed by atoms with Crippen LogP contribution < -0.4 is 10.6 Å². The fourth-order valence-corrected chi connectivity index (χ4v) is 2.80. The van der Waals surface area contributed by atoms with E-state index in [4.69, 9.17) is 0 Å². The number of pyridine rings is 1. The van der Waals surface area contributed by atoms with Gasteiger partial charge in [0, 0.05) is 37.1 Å². The number of hydrogen-bond acceptors (Lipinski definition) is 5. The number of rotatable bonds is 6. The Bertz CT molecular complexity index is 1040. The maximum atomic E-state index is 12.4. The van der Waals surface area contributed by atoms with Crippen molar-refractivity contribution in [1.29, 1.82) is 0 Å². The van der Waals surface area contributed by atoms with Crippen molar-refractivity contribution in [3.63, 3.8) is 0 Å². The number of anilines is 1. The fourth-order valence-electron chi connectivity index (χ4n) is 2.80. The van der Waals surface area contributed by atoms with Gasteiger partial charge in [-0.05, 0) is 35.7 Å². The summed E-state index contributed by atoms with van der Waals surface area (Å²) in [6.07, 6.45) is 5.47. The summed E-state index contributed by atoms with van der Waals surface area (Å²) < 4.78 is 1.88. The van der Waals surface area contributed by atoms with Crippen LogP contribution in [0.2, 0.25) is 0 Å². The summed E-state index contributed by atoms with van der Waals surface area (Å²) in [6, 6.07) is 17.2. The molecule has 0 aliphatic heterocycles. The maximum Gasteiger partial charge on any atom is 0.270 e. The third kappa shape index (κ3) is 3.77. The molecule has 4 rings (SSSR count). The van der Waals surface area contributed by atoms with Crippen molar-refractivity contribution in [3.8, 4) is 5.82 Å². The smallest absolute Gasteiger partial charge is 0.270 e. The van der Waals surface area contributed by atoms with Gasteiger partial charge in [-0.3, -0.25) is 9.78 Å². The van der Waals surface area contributed by atoms with Gasteiger partial charge in [-0.1, -0.05) is 24.3 Å². The van der Waals surface area contributed by atoms with E-state index in [-0.39, 0.29) is 5.91 Å². The van der Waals surface area contributed by atoms with Crippen LogP contribution in [0.1, 0.15) is 10.5 Å². The highest BCUT2D eigenvalue weighted by molar-refractivity contribution is 6.05. The van der Waals surface area contributed by atoms with E-state index < -0.39 is 0 Å². The van der Waals surface area contributed by atoms with E-state index >= 15 is 0 Å². The Morgan fingerprint density at radius 2 is 1.78 bits per heavy atom. The number of fused-ring (bicyclic) bond motifs is 1. The number of aromatic nitrogens is 4. The zero-order valence-electron chi connectivity index (χ0n) is 14.5. The summed E-state index contributed by atoms with van der Waals surface area (Å²) in [5.41, 5.74) is 0.434. The fraction of sp³-hybridized carbons (Fsp3) is 0.100. The highest BCUT2D eigenvalue weighted by Crippen LogP contribution is 2.16. The zero-order chi connectivity index (χ0) is 18.5. The largest absolute Gasteiger partial charge is 0.367 e. The van der Waals surface area contributed by atoms with Gasteiger partial charge >= 0.3 is 0 Å². The minimum Gasteiger partial charge on any atom is -0.367 e. The Hall–Kier alpha value is -3.74. The normalized spacial score (nSPS) is 10.7. The molecule has 27 heavy (non-hydrogen) atoms. The SMILES string of the molecule is O=C(NCCNc1ccc(-n2cccc2)nn1)c1nccc2ccccc12. The van der Waals surface area contributed by atoms with Crippen molar-refractivity contribution < 1.29 is 4.79 Å². The number of benzene rings is 1. The van der Waals surface area contributed by atoms with Crippen LogP contribution in [-0.4, -0.2) is 38.7 Å². The summed E-state index contributed by atoms with van der Waals surface area (Å²) in [5, 5.41) is 16.2. The number of amides is 1. The van der Waals surface area contributed by atoms with Crippen molar-refractivity contribution in [2.45, 2.75) is 0 Å². The van der Waals surface area contributed by atoms with E-state index in [0.29, 0.717) is 24.6 Å². The third-order valence-corrected chi connectivity index (χ3v) is 4.12. The minimum atomic E-state index is -0.192. The summed E-state index contributed by atoms with van der Waals surface area (Å²) >= 11 is 0. The van der Waals surface area contributed by atoms with Crippen LogP contribution in [0.5, 0.6) is 0 Å². The molecule has 0 radical (unpaired) electrons. The highest BCUT2D eigenvalue weighted by atomic mass is 16.1. The van der Waals surface area contributed by atoms with E-state index in [1.165, 1.54) is 0 Å². The molecule has 3 aromatic heterocycles. The molecule has 0 spiro atoms. The molecule has 7 heteroatoms. The predicted molar refractivity (Wildman–Crippen MR) is 104 cm³/mol. The molecule has 0 aliphatic carbocycles. The summed E-state index contributed by atoms with van der Waals surface area (Å²) in [6.45, 7) is 0.985. The second-order valence-corrected chi connectivity index (χ2v) is 5.93. The van der Waals surface area contributed by atoms with Crippen LogP contribution in [0.15, 0.2) is 73.2 Å². The van der Waals surface area contributed by atoms with Gasteiger partial charge in [-0.25, -0.2) is 0 Å². The first kappa shape index (κ1) is 16.7. The Balaban J connectivity index is 1.31. The first-order chi connectivity index (χ1) is 13.3. The molecular weight excluding hydrogens is 340 g/mol. The van der Waals surface area contributed by atoms with Gasteiger partial charge < -0.3 is 15.2 Å². The topological polar surface area (TPSA) is 84.7 Å². The van der Waals surface area contributed by atoms with E-state index in [1.54, 1.807) is 6.20 Å². The Labute approximate surface area is 156 Å². The first-order valence-electron chi connectivity index (χ1n) is 8.64. The summed E-state index contributed by atoms with van der Waals surface area (Å²) in [5.74, 6) is 1.21. The monoisotopic (exact) mass is 358 g/mol. The number of carbonyl (C=O) groups is 1. The van der Waals surface area contributed by atoms with Gasteiger partial charge in [0.25, 0.3) is 5.91 Å². The Morgan fingerprint density at radius 3 is 2.59 bits per heavy atom. The van der Waals surface area contributed by atoms with E-state index in [9.17, 15) is 4.79 Å². The molecule has 134 valence electrons. The molecule has 7 nitrogen and oxygen atoms in total. The van der Waals surface area contributed by atoms with Crippen molar-refractivity contribution in [2.75, 3.05) is 18.4 Å². The van der Waals surface area contributed by atoms with Crippen molar-refractivity contribution in [1.82, 2.24) is 25.1 Å². The second kappa shape index (κ2) is 7.65. The molecule has 0 saturated heterocycles. The molecule has 1 aromatic carbocycles. The molecule has 0 bridgehead atoms. The van der Waals surface area contributed by atoms with Crippen molar-refractivity contribution in [3.05, 3.63) is 78.9 Å². The number of carbonyl (C=O) groups excluding carboxylic acids is 1. The quantitative estimate of drug-likeness (QED) is 0.518. The number of hydrogen-bond donors (Lipinski definition) is 2. The molecule has 0 atom stereocenters. The van der Waals surface area contributed by atoms with Gasteiger partial charge in [-0.2, -0.15) is 0 Å². The van der Waals surface area contributed by atoms with Crippen molar-refractivity contribution >= 4 is 22.5 Å². The minimum absolute atomic E-state index is 0.192. The molecule has 4 aromatic rings. The van der Waals surface area contributed by atoms with Gasteiger partial charge in [0.05, 0.1) is 0 Å². The average molecular weight is 358 g/mol. The molecule has 0 aliphatic rings. The van der Waals surface area contributed by atoms with E-state index in [1.807, 2.05) is 71.6 Å². The maximum absolute atomic E-state index is 12.4. The van der Waals surface area contributed by atoms with Crippen LogP contribution in [-0.2, 0) is 0 Å². The summed E-state index contributed by atoms with van der Waals surface area (Å²) in [4.78, 5) is 16.6. The lowest BCUT2D eigenvalue weighted by molar-refractivity contribution is 0.0952. The molecule has 2 N–H and O–H groups in total. The van der Waals surface area contributed by atoms with Crippen LogP contribution in [0.4, 0.5) is 5.82 Å². The molecular formula is C20H18N6O. The second-order valence-electron chi connectivity index (χ2n) is 5.93. The Kier molecular flexibility index (Phi) is 4.74. The molecule has 0 saturated carbocycles. The lowest BCUT2D eigenvalue weighted by Gasteiger charge is -2.09. The van der Waals surface area contributed by atoms with Crippen LogP contribution in [0.3, 0.4) is 0 Å². The van der Waals surface area contributed by atoms with Gasteiger partial charge in [0.1, 0.15) is 11.5 Å². The van der Waals surface area contributed by atoms with E-state index in [2.05, 4.69) is 25.8 Å². The Morgan fingerprint density at radius 1 is 0.926 bits per heavy atom. The molecule has 0 unspecified atom stereocenters. The van der Waals surface area contributed by atoms with Crippen LogP contribution in [0.25, 0.3) is 16.6 Å². The average Bonchev–Trinajstić information content (AvgIpc) is 3.26. The van der Waals surface area contributed by atoms with E-state index in [0.717, 1.165) is 16.6 Å². The van der Waals surface area contributed by atoms with Gasteiger partial charge in [0.15, 0.2) is 5.82 Å². The molecule has 1 amide bonds. The van der Waals surface area contributed by atoms with Gasteiger partial charge in [-0.15, -0.1) is 10.2 Å².